The second-order valence-corrected chi connectivity index (χ2v) is 5.98. The lowest BCUT2D eigenvalue weighted by Crippen LogP contribution is -2.33. The number of para-hydroxylation sites is 1. The Morgan fingerprint density at radius 2 is 2.08 bits per heavy atom. The van der Waals surface area contributed by atoms with Crippen LogP contribution in [0.15, 0.2) is 47.0 Å². The van der Waals surface area contributed by atoms with Gasteiger partial charge in [0.25, 0.3) is 0 Å². The summed E-state index contributed by atoms with van der Waals surface area (Å²) in [5, 5.41) is 8.18. The van der Waals surface area contributed by atoms with Crippen molar-refractivity contribution >= 4 is 5.95 Å². The van der Waals surface area contributed by atoms with Gasteiger partial charge in [0, 0.05) is 13.5 Å². The molecular weight excluding hydrogens is 304 g/mol. The Bertz CT molecular complexity index is 836. The van der Waals surface area contributed by atoms with Crippen LogP contribution in [0.3, 0.4) is 0 Å². The van der Waals surface area contributed by atoms with E-state index >= 15 is 0 Å². The van der Waals surface area contributed by atoms with Crippen LogP contribution in [-0.4, -0.2) is 34.9 Å². The molecule has 2 aromatic heterocycles. The summed E-state index contributed by atoms with van der Waals surface area (Å²) in [6.07, 6.45) is 2.59. The summed E-state index contributed by atoms with van der Waals surface area (Å²) < 4.78 is 11.6. The topological polar surface area (TPSA) is 64.3 Å². The van der Waals surface area contributed by atoms with E-state index in [0.717, 1.165) is 17.9 Å². The standard InChI is InChI=1S/C18H18N4O2/c1-12-7-8-17(23-12)15-10-19-21-18(20-15)22(2)11-14-9-13-5-3-4-6-16(13)24-14/h3-8,10,14H,9,11H2,1-2H3. The highest BCUT2D eigenvalue weighted by Gasteiger charge is 2.24. The third-order valence-corrected chi connectivity index (χ3v) is 4.07. The number of rotatable bonds is 4. The number of anilines is 1. The van der Waals surface area contributed by atoms with Gasteiger partial charge in [-0.3, -0.25) is 0 Å². The fraction of sp³-hybridized carbons (Fsp3) is 0.278. The Morgan fingerprint density at radius 3 is 2.88 bits per heavy atom. The molecule has 0 saturated carbocycles. The summed E-state index contributed by atoms with van der Waals surface area (Å²) in [7, 11) is 1.94. The minimum atomic E-state index is 0.0884. The van der Waals surface area contributed by atoms with Gasteiger partial charge in [0.1, 0.15) is 23.3 Å². The highest BCUT2D eigenvalue weighted by molar-refractivity contribution is 5.52. The first kappa shape index (κ1) is 14.7. The van der Waals surface area contributed by atoms with Crippen LogP contribution in [-0.2, 0) is 6.42 Å². The smallest absolute Gasteiger partial charge is 0.245 e. The molecule has 0 N–H and O–H groups in total. The van der Waals surface area contributed by atoms with Gasteiger partial charge < -0.3 is 14.1 Å². The molecule has 0 saturated heterocycles. The quantitative estimate of drug-likeness (QED) is 0.736. The van der Waals surface area contributed by atoms with Crippen LogP contribution in [0.25, 0.3) is 11.5 Å². The van der Waals surface area contributed by atoms with Gasteiger partial charge >= 0.3 is 0 Å². The number of fused-ring (bicyclic) bond motifs is 1. The fourth-order valence-corrected chi connectivity index (χ4v) is 2.89. The van der Waals surface area contributed by atoms with E-state index in [-0.39, 0.29) is 6.10 Å². The fourth-order valence-electron chi connectivity index (χ4n) is 2.89. The van der Waals surface area contributed by atoms with Gasteiger partial charge in [0.05, 0.1) is 12.7 Å². The van der Waals surface area contributed by atoms with Crippen molar-refractivity contribution in [2.24, 2.45) is 0 Å². The highest BCUT2D eigenvalue weighted by atomic mass is 16.5. The molecule has 6 nitrogen and oxygen atoms in total. The minimum Gasteiger partial charge on any atom is -0.488 e. The third kappa shape index (κ3) is 2.82. The van der Waals surface area contributed by atoms with E-state index in [1.54, 1.807) is 6.20 Å². The van der Waals surface area contributed by atoms with E-state index in [1.165, 1.54) is 5.56 Å². The van der Waals surface area contributed by atoms with Crippen LogP contribution in [0.1, 0.15) is 11.3 Å². The maximum Gasteiger partial charge on any atom is 0.245 e. The lowest BCUT2D eigenvalue weighted by Gasteiger charge is -2.20. The Hall–Kier alpha value is -2.89. The molecule has 1 aromatic carbocycles. The minimum absolute atomic E-state index is 0.0884. The number of aryl methyl sites for hydroxylation is 1. The number of benzene rings is 1. The maximum atomic E-state index is 5.98. The van der Waals surface area contributed by atoms with Crippen molar-refractivity contribution in [2.45, 2.75) is 19.4 Å². The average molecular weight is 322 g/mol. The van der Waals surface area contributed by atoms with Gasteiger partial charge in [-0.25, -0.2) is 4.98 Å². The van der Waals surface area contributed by atoms with E-state index in [1.807, 2.05) is 49.2 Å². The summed E-state index contributed by atoms with van der Waals surface area (Å²) in [6, 6.07) is 11.9. The normalized spacial score (nSPS) is 15.8. The highest BCUT2D eigenvalue weighted by Crippen LogP contribution is 2.28. The monoisotopic (exact) mass is 322 g/mol. The zero-order valence-electron chi connectivity index (χ0n) is 13.6. The zero-order chi connectivity index (χ0) is 16.5. The Labute approximate surface area is 140 Å². The molecule has 1 atom stereocenters. The number of likely N-dealkylation sites (N-methyl/N-ethyl adjacent to an activating group) is 1. The summed E-state index contributed by atoms with van der Waals surface area (Å²) in [5.41, 5.74) is 1.92. The predicted molar refractivity (Wildman–Crippen MR) is 90.1 cm³/mol. The molecule has 3 aromatic rings. The zero-order valence-corrected chi connectivity index (χ0v) is 13.6. The summed E-state index contributed by atoms with van der Waals surface area (Å²) in [6.45, 7) is 2.59. The molecule has 0 fully saturated rings. The molecule has 1 aliphatic heterocycles. The number of hydrogen-bond acceptors (Lipinski definition) is 6. The van der Waals surface area contributed by atoms with Crippen molar-refractivity contribution < 1.29 is 9.15 Å². The molecule has 0 radical (unpaired) electrons. The van der Waals surface area contributed by atoms with Crippen LogP contribution in [0, 0.1) is 6.92 Å². The SMILES string of the molecule is Cc1ccc(-c2cnnc(N(C)CC3Cc4ccccc4O3)n2)o1. The Balaban J connectivity index is 1.48. The second kappa shape index (κ2) is 5.96. The number of nitrogens with zero attached hydrogens (tertiary/aromatic N) is 4. The van der Waals surface area contributed by atoms with Crippen molar-refractivity contribution in [3.63, 3.8) is 0 Å². The maximum absolute atomic E-state index is 5.98. The molecule has 6 heteroatoms. The molecule has 122 valence electrons. The average Bonchev–Trinajstić information content (AvgIpc) is 3.20. The molecule has 3 heterocycles. The summed E-state index contributed by atoms with van der Waals surface area (Å²) in [4.78, 5) is 6.51. The van der Waals surface area contributed by atoms with Crippen LogP contribution in [0.4, 0.5) is 5.95 Å². The Morgan fingerprint density at radius 1 is 1.21 bits per heavy atom. The van der Waals surface area contributed by atoms with Gasteiger partial charge in [-0.05, 0) is 30.7 Å². The van der Waals surface area contributed by atoms with Crippen molar-refractivity contribution in [1.29, 1.82) is 0 Å². The largest absolute Gasteiger partial charge is 0.488 e. The lowest BCUT2D eigenvalue weighted by molar-refractivity contribution is 0.238. The molecule has 1 unspecified atom stereocenters. The first-order chi connectivity index (χ1) is 11.7. The molecule has 0 spiro atoms. The number of ether oxygens (including phenoxy) is 1. The van der Waals surface area contributed by atoms with Gasteiger partial charge in [-0.2, -0.15) is 5.10 Å². The first-order valence-electron chi connectivity index (χ1n) is 7.91. The van der Waals surface area contributed by atoms with Gasteiger partial charge in [0.15, 0.2) is 5.76 Å². The second-order valence-electron chi connectivity index (χ2n) is 5.98. The van der Waals surface area contributed by atoms with Crippen molar-refractivity contribution in [3.8, 4) is 17.2 Å². The van der Waals surface area contributed by atoms with Gasteiger partial charge in [-0.15, -0.1) is 5.10 Å². The lowest BCUT2D eigenvalue weighted by atomic mass is 10.1. The van der Waals surface area contributed by atoms with Crippen LogP contribution in [0.5, 0.6) is 5.75 Å². The van der Waals surface area contributed by atoms with E-state index in [0.29, 0.717) is 23.9 Å². The van der Waals surface area contributed by atoms with Crippen LogP contribution in [0.2, 0.25) is 0 Å². The van der Waals surface area contributed by atoms with Crippen molar-refractivity contribution in [2.75, 3.05) is 18.5 Å². The van der Waals surface area contributed by atoms with Gasteiger partial charge in [-0.1, -0.05) is 18.2 Å². The number of furan rings is 1. The van der Waals surface area contributed by atoms with Crippen molar-refractivity contribution in [3.05, 3.63) is 53.9 Å². The molecule has 0 aliphatic carbocycles. The summed E-state index contributed by atoms with van der Waals surface area (Å²) >= 11 is 0. The van der Waals surface area contributed by atoms with E-state index in [9.17, 15) is 0 Å². The number of aromatic nitrogens is 3. The summed E-state index contributed by atoms with van der Waals surface area (Å²) in [5.74, 6) is 3.06. The first-order valence-corrected chi connectivity index (χ1v) is 7.91. The molecular formula is C18H18N4O2. The Kier molecular flexibility index (Phi) is 3.65. The predicted octanol–water partition coefficient (Wildman–Crippen LogP) is 2.88. The van der Waals surface area contributed by atoms with E-state index < -0.39 is 0 Å². The van der Waals surface area contributed by atoms with Crippen molar-refractivity contribution in [1.82, 2.24) is 15.2 Å². The van der Waals surface area contributed by atoms with Gasteiger partial charge in [0.2, 0.25) is 5.95 Å². The number of hydrogen-bond donors (Lipinski definition) is 0. The molecule has 4 rings (SSSR count). The van der Waals surface area contributed by atoms with E-state index in [4.69, 9.17) is 9.15 Å². The third-order valence-electron chi connectivity index (χ3n) is 4.07. The van der Waals surface area contributed by atoms with Crippen LogP contribution < -0.4 is 9.64 Å². The molecule has 0 bridgehead atoms. The molecule has 24 heavy (non-hydrogen) atoms. The van der Waals surface area contributed by atoms with E-state index in [2.05, 4.69) is 21.2 Å². The molecule has 0 amide bonds. The van der Waals surface area contributed by atoms with Crippen LogP contribution >= 0.6 is 0 Å². The molecule has 1 aliphatic rings.